The third kappa shape index (κ3) is 3.52. The molecule has 1 aromatic rings. The van der Waals surface area contributed by atoms with E-state index in [0.717, 1.165) is 40.8 Å². The van der Waals surface area contributed by atoms with Crippen molar-refractivity contribution in [1.29, 1.82) is 0 Å². The van der Waals surface area contributed by atoms with Gasteiger partial charge in [0.1, 0.15) is 0 Å². The van der Waals surface area contributed by atoms with E-state index >= 15 is 0 Å². The molecule has 1 saturated heterocycles. The topological polar surface area (TPSA) is 29.1 Å². The van der Waals surface area contributed by atoms with Gasteiger partial charge >= 0.3 is 0 Å². The number of hydrogen-bond donors (Lipinski definition) is 1. The van der Waals surface area contributed by atoms with Crippen LogP contribution in [0.25, 0.3) is 0 Å². The first kappa shape index (κ1) is 17.0. The van der Waals surface area contributed by atoms with Gasteiger partial charge in [0.05, 0.1) is 20.1 Å². The highest BCUT2D eigenvalue weighted by atomic mass is 16.2. The number of carbonyl (C=O) groups excluding carboxylic acids is 1. The van der Waals surface area contributed by atoms with E-state index < -0.39 is 0 Å². The standard InChI is InChI=1S/C19H30N2O/c1-6-17(21(5)10-8-7-9-11-21)19(22)20-18-15(3)12-14(2)13-16(18)4/h12-13,17H,6-11H2,1-5H3/p+1. The molecule has 1 aliphatic rings. The summed E-state index contributed by atoms with van der Waals surface area (Å²) in [5, 5.41) is 3.22. The summed E-state index contributed by atoms with van der Waals surface area (Å²) in [7, 11) is 2.25. The Labute approximate surface area is 135 Å². The van der Waals surface area contributed by atoms with Crippen molar-refractivity contribution in [1.82, 2.24) is 0 Å². The molecule has 1 aliphatic heterocycles. The molecule has 0 aromatic heterocycles. The molecule has 1 atom stereocenters. The Hall–Kier alpha value is -1.35. The average Bonchev–Trinajstić information content (AvgIpc) is 2.44. The number of likely N-dealkylation sites (tertiary alicyclic amines) is 1. The summed E-state index contributed by atoms with van der Waals surface area (Å²) in [6.07, 6.45) is 4.68. The highest BCUT2D eigenvalue weighted by molar-refractivity contribution is 5.95. The zero-order valence-corrected chi connectivity index (χ0v) is 14.8. The Morgan fingerprint density at radius 2 is 1.68 bits per heavy atom. The lowest BCUT2D eigenvalue weighted by molar-refractivity contribution is -0.928. The summed E-state index contributed by atoms with van der Waals surface area (Å²) in [6, 6.07) is 4.34. The van der Waals surface area contributed by atoms with E-state index in [1.54, 1.807) is 0 Å². The van der Waals surface area contributed by atoms with Crippen molar-refractivity contribution in [2.75, 3.05) is 25.5 Å². The molecule has 3 heteroatoms. The molecule has 0 bridgehead atoms. The minimum absolute atomic E-state index is 0.0559. The third-order valence-corrected chi connectivity index (χ3v) is 5.20. The van der Waals surface area contributed by atoms with Crippen molar-refractivity contribution < 1.29 is 9.28 Å². The number of aryl methyl sites for hydroxylation is 3. The SMILES string of the molecule is CCC(C(=O)Nc1c(C)cc(C)cc1C)[N+]1(C)CCCCC1. The highest BCUT2D eigenvalue weighted by Gasteiger charge is 2.38. The quantitative estimate of drug-likeness (QED) is 0.838. The van der Waals surface area contributed by atoms with Crippen LogP contribution in [0.3, 0.4) is 0 Å². The van der Waals surface area contributed by atoms with E-state index in [1.807, 2.05) is 0 Å². The smallest absolute Gasteiger partial charge is 0.282 e. The van der Waals surface area contributed by atoms with E-state index in [1.165, 1.54) is 24.8 Å². The van der Waals surface area contributed by atoms with Crippen LogP contribution in [0.2, 0.25) is 0 Å². The molecule has 22 heavy (non-hydrogen) atoms. The van der Waals surface area contributed by atoms with Crippen LogP contribution in [-0.4, -0.2) is 36.6 Å². The normalized spacial score (nSPS) is 18.8. The van der Waals surface area contributed by atoms with Gasteiger partial charge in [-0.2, -0.15) is 0 Å². The fourth-order valence-corrected chi connectivity index (χ4v) is 4.04. The molecule has 0 aliphatic carbocycles. The number of hydrogen-bond acceptors (Lipinski definition) is 1. The largest absolute Gasteiger partial charge is 0.320 e. The summed E-state index contributed by atoms with van der Waals surface area (Å²) in [4.78, 5) is 12.9. The Morgan fingerprint density at radius 3 is 2.18 bits per heavy atom. The molecule has 1 heterocycles. The maximum Gasteiger partial charge on any atom is 0.282 e. The molecule has 0 spiro atoms. The molecule has 1 amide bonds. The molecule has 122 valence electrons. The van der Waals surface area contributed by atoms with Crippen LogP contribution in [0.4, 0.5) is 5.69 Å². The van der Waals surface area contributed by atoms with Gasteiger partial charge in [-0.25, -0.2) is 0 Å². The lowest BCUT2D eigenvalue weighted by Crippen LogP contribution is -2.59. The van der Waals surface area contributed by atoms with Crippen molar-refractivity contribution in [3.63, 3.8) is 0 Å². The minimum Gasteiger partial charge on any atom is -0.320 e. The van der Waals surface area contributed by atoms with Gasteiger partial charge in [-0.1, -0.05) is 24.6 Å². The molecule has 2 rings (SSSR count). The van der Waals surface area contributed by atoms with E-state index in [0.29, 0.717) is 0 Å². The predicted molar refractivity (Wildman–Crippen MR) is 93.1 cm³/mol. The second-order valence-corrected chi connectivity index (χ2v) is 7.17. The zero-order chi connectivity index (χ0) is 16.3. The van der Waals surface area contributed by atoms with Crippen molar-refractivity contribution in [3.8, 4) is 0 Å². The average molecular weight is 303 g/mol. The molecule has 3 nitrogen and oxygen atoms in total. The number of carbonyl (C=O) groups is 1. The summed E-state index contributed by atoms with van der Waals surface area (Å²) >= 11 is 0. The number of piperidine rings is 1. The maximum atomic E-state index is 12.9. The Bertz CT molecular complexity index is 521. The number of anilines is 1. The van der Waals surface area contributed by atoms with Crippen molar-refractivity contribution in [3.05, 3.63) is 28.8 Å². The van der Waals surface area contributed by atoms with Crippen LogP contribution in [-0.2, 0) is 4.79 Å². The second-order valence-electron chi connectivity index (χ2n) is 7.17. The Morgan fingerprint density at radius 1 is 1.14 bits per heavy atom. The number of likely N-dealkylation sites (N-methyl/N-ethyl adjacent to an activating group) is 1. The van der Waals surface area contributed by atoms with Gasteiger partial charge in [-0.05, 0) is 51.2 Å². The van der Waals surface area contributed by atoms with Gasteiger partial charge in [-0.3, -0.25) is 4.79 Å². The molecule has 1 aromatic carbocycles. The summed E-state index contributed by atoms with van der Waals surface area (Å²) < 4.78 is 0.895. The summed E-state index contributed by atoms with van der Waals surface area (Å²) in [6.45, 7) is 10.6. The number of benzene rings is 1. The van der Waals surface area contributed by atoms with E-state index in [2.05, 4.69) is 52.2 Å². The fourth-order valence-electron chi connectivity index (χ4n) is 4.04. The van der Waals surface area contributed by atoms with E-state index in [9.17, 15) is 4.79 Å². The lowest BCUT2D eigenvalue weighted by Gasteiger charge is -2.43. The molecule has 1 fully saturated rings. The molecule has 1 N–H and O–H groups in total. The fraction of sp³-hybridized carbons (Fsp3) is 0.632. The first-order chi connectivity index (χ1) is 10.4. The maximum absolute atomic E-state index is 12.9. The van der Waals surface area contributed by atoms with E-state index in [4.69, 9.17) is 0 Å². The van der Waals surface area contributed by atoms with Gasteiger partial charge in [0.2, 0.25) is 0 Å². The van der Waals surface area contributed by atoms with Crippen LogP contribution in [0.15, 0.2) is 12.1 Å². The summed E-state index contributed by atoms with van der Waals surface area (Å²) in [5.74, 6) is 0.182. The van der Waals surface area contributed by atoms with Gasteiger partial charge in [0.25, 0.3) is 5.91 Å². The van der Waals surface area contributed by atoms with Crippen LogP contribution >= 0.6 is 0 Å². The predicted octanol–water partition coefficient (Wildman–Crippen LogP) is 3.96. The minimum atomic E-state index is 0.0559. The lowest BCUT2D eigenvalue weighted by atomic mass is 10.0. The second kappa shape index (κ2) is 6.82. The van der Waals surface area contributed by atoms with Gasteiger partial charge in [-0.15, -0.1) is 0 Å². The van der Waals surface area contributed by atoms with Gasteiger partial charge in [0, 0.05) is 12.1 Å². The van der Waals surface area contributed by atoms with Crippen molar-refractivity contribution in [2.24, 2.45) is 0 Å². The first-order valence-electron chi connectivity index (χ1n) is 8.60. The zero-order valence-electron chi connectivity index (χ0n) is 14.8. The molecular formula is C19H31N2O+. The monoisotopic (exact) mass is 303 g/mol. The third-order valence-electron chi connectivity index (χ3n) is 5.20. The van der Waals surface area contributed by atoms with Gasteiger partial charge in [0.15, 0.2) is 6.04 Å². The Balaban J connectivity index is 2.20. The number of rotatable bonds is 4. The number of quaternary nitrogens is 1. The number of amides is 1. The Kier molecular flexibility index (Phi) is 5.28. The van der Waals surface area contributed by atoms with Crippen LogP contribution in [0, 0.1) is 20.8 Å². The van der Waals surface area contributed by atoms with E-state index in [-0.39, 0.29) is 11.9 Å². The first-order valence-corrected chi connectivity index (χ1v) is 8.60. The summed E-state index contributed by atoms with van der Waals surface area (Å²) in [5.41, 5.74) is 4.55. The molecule has 1 unspecified atom stereocenters. The molecule has 0 radical (unpaired) electrons. The van der Waals surface area contributed by atoms with Crippen molar-refractivity contribution in [2.45, 2.75) is 59.4 Å². The van der Waals surface area contributed by atoms with Crippen LogP contribution in [0.5, 0.6) is 0 Å². The molecule has 0 saturated carbocycles. The number of nitrogens with one attached hydrogen (secondary N) is 1. The van der Waals surface area contributed by atoms with Gasteiger partial charge < -0.3 is 9.80 Å². The molecular weight excluding hydrogens is 272 g/mol. The number of nitrogens with zero attached hydrogens (tertiary/aromatic N) is 1. The van der Waals surface area contributed by atoms with Crippen LogP contribution < -0.4 is 5.32 Å². The van der Waals surface area contributed by atoms with Crippen molar-refractivity contribution >= 4 is 11.6 Å². The van der Waals surface area contributed by atoms with Crippen LogP contribution in [0.1, 0.15) is 49.3 Å². The highest BCUT2D eigenvalue weighted by Crippen LogP contribution is 2.26.